The molecule has 24 heavy (non-hydrogen) atoms. The number of carbonyl (C=O) groups is 2. The van der Waals surface area contributed by atoms with E-state index in [0.717, 1.165) is 42.9 Å². The molecule has 1 aromatic heterocycles. The summed E-state index contributed by atoms with van der Waals surface area (Å²) in [4.78, 5) is 25.2. The number of likely N-dealkylation sites (tertiary alicyclic amines) is 1. The number of nitrogens with two attached hydrogens (primary N) is 1. The Kier molecular flexibility index (Phi) is 6.18. The number of rotatable bonds is 7. The lowest BCUT2D eigenvalue weighted by molar-refractivity contribution is -0.897. The van der Waals surface area contributed by atoms with Crippen molar-refractivity contribution in [2.75, 3.05) is 33.4 Å². The van der Waals surface area contributed by atoms with E-state index in [1.807, 2.05) is 19.9 Å². The Hall–Kier alpha value is -1.66. The van der Waals surface area contributed by atoms with Gasteiger partial charge in [-0.25, -0.2) is 0 Å². The van der Waals surface area contributed by atoms with E-state index in [9.17, 15) is 9.59 Å². The lowest BCUT2D eigenvalue weighted by atomic mass is 9.96. The van der Waals surface area contributed by atoms with E-state index >= 15 is 0 Å². The zero-order valence-electron chi connectivity index (χ0n) is 15.2. The molecule has 0 spiro atoms. The fraction of sp³-hybridized carbons (Fsp3) is 0.667. The quantitative estimate of drug-likeness (QED) is 0.702. The normalized spacial score (nSPS) is 22.3. The van der Waals surface area contributed by atoms with Crippen LogP contribution in [0.2, 0.25) is 0 Å². The lowest BCUT2D eigenvalue weighted by Crippen LogP contribution is -3.14. The second-order valence-electron chi connectivity index (χ2n) is 6.99. The summed E-state index contributed by atoms with van der Waals surface area (Å²) in [6.45, 7) is 8.89. The Morgan fingerprint density at radius 3 is 2.54 bits per heavy atom. The standard InChI is InChI=1S/C18H29N3O3/c1-12-9-16(14(3)21(12)13(2)11-24-4)17(22)10-20-7-5-15(6-8-20)18(19)23/h9,13,15H,5-8,10-11H2,1-4H3,(H2,19,23)/p+1/t13-/m0/s1. The molecule has 0 radical (unpaired) electrons. The Bertz CT molecular complexity index is 601. The first-order chi connectivity index (χ1) is 11.3. The van der Waals surface area contributed by atoms with Crippen LogP contribution in [0.5, 0.6) is 0 Å². The van der Waals surface area contributed by atoms with Gasteiger partial charge in [-0.2, -0.15) is 0 Å². The van der Waals surface area contributed by atoms with E-state index < -0.39 is 0 Å². The third kappa shape index (κ3) is 4.05. The number of hydrogen-bond donors (Lipinski definition) is 2. The van der Waals surface area contributed by atoms with Crippen molar-refractivity contribution in [1.82, 2.24) is 4.57 Å². The third-order valence-corrected chi connectivity index (χ3v) is 5.14. The Morgan fingerprint density at radius 2 is 2.00 bits per heavy atom. The lowest BCUT2D eigenvalue weighted by Gasteiger charge is -2.27. The highest BCUT2D eigenvalue weighted by Crippen LogP contribution is 2.21. The van der Waals surface area contributed by atoms with Gasteiger partial charge in [0.05, 0.1) is 25.7 Å². The van der Waals surface area contributed by atoms with Crippen LogP contribution >= 0.6 is 0 Å². The number of Topliss-reactive ketones (excluding diaryl/α,β-unsaturated/α-hetero) is 1. The molecule has 6 heteroatoms. The summed E-state index contributed by atoms with van der Waals surface area (Å²) >= 11 is 0. The number of amides is 1. The molecule has 1 aliphatic heterocycles. The topological polar surface area (TPSA) is 78.8 Å². The first-order valence-electron chi connectivity index (χ1n) is 8.68. The molecule has 134 valence electrons. The van der Waals surface area contributed by atoms with Gasteiger partial charge in [-0.05, 0) is 26.8 Å². The number of piperidine rings is 1. The predicted octanol–water partition coefficient (Wildman–Crippen LogP) is 0.275. The molecule has 1 saturated heterocycles. The zero-order chi connectivity index (χ0) is 17.9. The summed E-state index contributed by atoms with van der Waals surface area (Å²) < 4.78 is 7.41. The highest BCUT2D eigenvalue weighted by atomic mass is 16.5. The van der Waals surface area contributed by atoms with Gasteiger partial charge in [0.1, 0.15) is 6.54 Å². The molecule has 6 nitrogen and oxygen atoms in total. The van der Waals surface area contributed by atoms with Crippen LogP contribution in [-0.4, -0.2) is 49.6 Å². The number of quaternary nitrogens is 1. The van der Waals surface area contributed by atoms with Crippen molar-refractivity contribution >= 4 is 11.7 Å². The summed E-state index contributed by atoms with van der Waals surface area (Å²) in [6.07, 6.45) is 1.56. The monoisotopic (exact) mass is 336 g/mol. The third-order valence-electron chi connectivity index (χ3n) is 5.14. The minimum Gasteiger partial charge on any atom is -0.383 e. The number of aryl methyl sites for hydroxylation is 1. The smallest absolute Gasteiger partial charge is 0.220 e. The number of primary amides is 1. The van der Waals surface area contributed by atoms with E-state index in [1.165, 1.54) is 4.90 Å². The largest absolute Gasteiger partial charge is 0.383 e. The molecule has 1 amide bonds. The molecule has 3 N–H and O–H groups in total. The van der Waals surface area contributed by atoms with Gasteiger partial charge in [0.2, 0.25) is 11.7 Å². The first kappa shape index (κ1) is 18.7. The number of ketones is 1. The molecule has 2 rings (SSSR count). The first-order valence-corrected chi connectivity index (χ1v) is 8.68. The summed E-state index contributed by atoms with van der Waals surface area (Å²) in [7, 11) is 1.69. The number of methoxy groups -OCH3 is 1. The van der Waals surface area contributed by atoms with Gasteiger partial charge in [0, 0.05) is 42.8 Å². The van der Waals surface area contributed by atoms with Crippen molar-refractivity contribution in [2.45, 2.75) is 39.7 Å². The fourth-order valence-corrected chi connectivity index (χ4v) is 3.86. The van der Waals surface area contributed by atoms with Crippen molar-refractivity contribution in [1.29, 1.82) is 0 Å². The maximum absolute atomic E-state index is 12.7. The fourth-order valence-electron chi connectivity index (χ4n) is 3.86. The van der Waals surface area contributed by atoms with Crippen LogP contribution in [0.1, 0.15) is 47.6 Å². The number of nitrogens with zero attached hydrogens (tertiary/aromatic N) is 1. The molecule has 0 bridgehead atoms. The van der Waals surface area contributed by atoms with Crippen LogP contribution in [0.25, 0.3) is 0 Å². The molecule has 1 aliphatic rings. The number of hydrogen-bond acceptors (Lipinski definition) is 3. The molecule has 0 unspecified atom stereocenters. The number of carbonyl (C=O) groups excluding carboxylic acids is 2. The van der Waals surface area contributed by atoms with Crippen molar-refractivity contribution < 1.29 is 19.2 Å². The van der Waals surface area contributed by atoms with E-state index in [2.05, 4.69) is 11.5 Å². The van der Waals surface area contributed by atoms with Gasteiger partial charge in [0.25, 0.3) is 0 Å². The average Bonchev–Trinajstić information content (AvgIpc) is 2.83. The van der Waals surface area contributed by atoms with Crippen LogP contribution in [0, 0.1) is 19.8 Å². The number of ether oxygens (including phenoxy) is 1. The summed E-state index contributed by atoms with van der Waals surface area (Å²) in [5, 5.41) is 0. The van der Waals surface area contributed by atoms with Crippen LogP contribution in [0.15, 0.2) is 6.07 Å². The zero-order valence-corrected chi connectivity index (χ0v) is 15.2. The van der Waals surface area contributed by atoms with Crippen molar-refractivity contribution in [3.8, 4) is 0 Å². The average molecular weight is 336 g/mol. The maximum Gasteiger partial charge on any atom is 0.220 e. The highest BCUT2D eigenvalue weighted by molar-refractivity contribution is 5.98. The summed E-state index contributed by atoms with van der Waals surface area (Å²) in [6, 6.07) is 2.19. The van der Waals surface area contributed by atoms with Crippen LogP contribution < -0.4 is 10.6 Å². The van der Waals surface area contributed by atoms with Gasteiger partial charge in [-0.1, -0.05) is 0 Å². The van der Waals surface area contributed by atoms with Crippen LogP contribution in [0.4, 0.5) is 0 Å². The van der Waals surface area contributed by atoms with Crippen LogP contribution in [0.3, 0.4) is 0 Å². The van der Waals surface area contributed by atoms with E-state index in [-0.39, 0.29) is 23.7 Å². The maximum atomic E-state index is 12.7. The van der Waals surface area contributed by atoms with E-state index in [0.29, 0.717) is 13.2 Å². The highest BCUT2D eigenvalue weighted by Gasteiger charge is 2.28. The molecule has 1 aromatic rings. The second kappa shape index (κ2) is 7.94. The predicted molar refractivity (Wildman–Crippen MR) is 92.3 cm³/mol. The number of aromatic nitrogens is 1. The summed E-state index contributed by atoms with van der Waals surface area (Å²) in [5.74, 6) is -0.0636. The minimum atomic E-state index is -0.212. The van der Waals surface area contributed by atoms with Gasteiger partial charge in [0.15, 0.2) is 0 Å². The molecule has 0 aliphatic carbocycles. The van der Waals surface area contributed by atoms with Gasteiger partial charge in [-0.3, -0.25) is 9.59 Å². The molecule has 1 fully saturated rings. The molecule has 1 atom stereocenters. The van der Waals surface area contributed by atoms with Gasteiger partial charge < -0.3 is 19.9 Å². The Morgan fingerprint density at radius 1 is 1.38 bits per heavy atom. The second-order valence-corrected chi connectivity index (χ2v) is 6.99. The molecule has 0 saturated carbocycles. The van der Waals surface area contributed by atoms with Crippen LogP contribution in [-0.2, 0) is 9.53 Å². The minimum absolute atomic E-state index is 0.0243. The SMILES string of the molecule is COC[C@H](C)n1c(C)cc(C(=O)C[NH+]2CCC(C(N)=O)CC2)c1C. The number of nitrogens with one attached hydrogen (secondary N) is 1. The van der Waals surface area contributed by atoms with Crippen molar-refractivity contribution in [3.05, 3.63) is 23.0 Å². The molecule has 0 aromatic carbocycles. The molecular formula is C18H30N3O3+. The van der Waals surface area contributed by atoms with Crippen molar-refractivity contribution in [3.63, 3.8) is 0 Å². The molecular weight excluding hydrogens is 306 g/mol. The summed E-state index contributed by atoms with van der Waals surface area (Å²) in [5.41, 5.74) is 8.27. The van der Waals surface area contributed by atoms with Crippen molar-refractivity contribution in [2.24, 2.45) is 11.7 Å². The van der Waals surface area contributed by atoms with Gasteiger partial charge >= 0.3 is 0 Å². The van der Waals surface area contributed by atoms with Gasteiger partial charge in [-0.15, -0.1) is 0 Å². The Balaban J connectivity index is 2.03. The van der Waals surface area contributed by atoms with E-state index in [1.54, 1.807) is 7.11 Å². The Labute approximate surface area is 143 Å². The molecule has 2 heterocycles. The van der Waals surface area contributed by atoms with E-state index in [4.69, 9.17) is 10.5 Å².